The third-order valence-electron chi connectivity index (χ3n) is 5.29. The molecule has 0 aliphatic rings. The van der Waals surface area contributed by atoms with Crippen molar-refractivity contribution in [2.75, 3.05) is 29.0 Å². The number of nitrogens with two attached hydrogens (primary N) is 1. The van der Waals surface area contributed by atoms with Crippen LogP contribution in [-0.4, -0.2) is 27.4 Å². The molecule has 3 aromatic rings. The van der Waals surface area contributed by atoms with Crippen molar-refractivity contribution in [1.82, 2.24) is 0 Å². The van der Waals surface area contributed by atoms with Gasteiger partial charge in [0.1, 0.15) is 4.90 Å². The van der Waals surface area contributed by atoms with Gasteiger partial charge in [-0.05, 0) is 56.3 Å². The zero-order valence-corrected chi connectivity index (χ0v) is 19.4. The van der Waals surface area contributed by atoms with Crippen LogP contribution in [-0.2, 0) is 16.0 Å². The van der Waals surface area contributed by atoms with Gasteiger partial charge in [-0.1, -0.05) is 24.3 Å². The van der Waals surface area contributed by atoms with E-state index in [9.17, 15) is 26.4 Å². The maximum Gasteiger partial charge on any atom is 0.418 e. The summed E-state index contributed by atoms with van der Waals surface area (Å²) in [6.45, 7) is 4.51. The van der Waals surface area contributed by atoms with E-state index < -0.39 is 38.1 Å². The number of nitrogens with zero attached hydrogens (tertiary/aromatic N) is 1. The van der Waals surface area contributed by atoms with Crippen molar-refractivity contribution in [3.05, 3.63) is 77.9 Å². The Hall–Kier alpha value is -3.53. The van der Waals surface area contributed by atoms with E-state index in [1.54, 1.807) is 47.4 Å². The number of nitrogen functional groups attached to an aromatic ring is 1. The van der Waals surface area contributed by atoms with E-state index in [2.05, 4.69) is 5.32 Å². The molecule has 1 amide bonds. The number of halogens is 3. The summed E-state index contributed by atoms with van der Waals surface area (Å²) in [5, 5.41) is 2.61. The highest BCUT2D eigenvalue weighted by Gasteiger charge is 2.36. The molecule has 0 radical (unpaired) electrons. The van der Waals surface area contributed by atoms with Crippen molar-refractivity contribution in [2.45, 2.75) is 29.8 Å². The van der Waals surface area contributed by atoms with Crippen molar-refractivity contribution in [2.24, 2.45) is 0 Å². The van der Waals surface area contributed by atoms with Crippen LogP contribution in [0.25, 0.3) is 0 Å². The Labute approximate surface area is 196 Å². The van der Waals surface area contributed by atoms with Crippen LogP contribution in [0.2, 0.25) is 0 Å². The molecule has 0 saturated heterocycles. The van der Waals surface area contributed by atoms with E-state index in [4.69, 9.17) is 5.73 Å². The minimum atomic E-state index is -4.83. The standard InChI is InChI=1S/C24H24F3N3O3S/c1-3-30(4-2)21-12-8-11-20(29-23(31)16-9-6-5-7-10-16)22(21)34(32,33)17-13-14-19(28)18(15-17)24(25,26)27/h5-15H,3-4,28H2,1-2H3,(H,29,31). The lowest BCUT2D eigenvalue weighted by atomic mass is 10.2. The first-order chi connectivity index (χ1) is 16.0. The van der Waals surface area contributed by atoms with E-state index in [1.165, 1.54) is 6.07 Å². The first-order valence-corrected chi connectivity index (χ1v) is 11.9. The van der Waals surface area contributed by atoms with E-state index in [-0.39, 0.29) is 16.3 Å². The fourth-order valence-electron chi connectivity index (χ4n) is 3.57. The maximum absolute atomic E-state index is 13.7. The predicted octanol–water partition coefficient (Wildman–Crippen LogP) is 5.22. The van der Waals surface area contributed by atoms with Crippen LogP contribution in [0.4, 0.5) is 30.2 Å². The van der Waals surface area contributed by atoms with Gasteiger partial charge in [0.05, 0.1) is 21.8 Å². The number of nitrogens with one attached hydrogen (secondary N) is 1. The molecule has 180 valence electrons. The molecule has 0 aromatic heterocycles. The molecular weight excluding hydrogens is 467 g/mol. The lowest BCUT2D eigenvalue weighted by Gasteiger charge is -2.26. The fraction of sp³-hybridized carbons (Fsp3) is 0.208. The van der Waals surface area contributed by atoms with Gasteiger partial charge in [0.2, 0.25) is 9.84 Å². The van der Waals surface area contributed by atoms with Crippen LogP contribution in [0.15, 0.2) is 76.5 Å². The number of carbonyl (C=O) groups excluding carboxylic acids is 1. The predicted molar refractivity (Wildman–Crippen MR) is 126 cm³/mol. The molecule has 0 aliphatic heterocycles. The number of carbonyl (C=O) groups is 1. The summed E-state index contributed by atoms with van der Waals surface area (Å²) in [5.41, 5.74) is 4.15. The highest BCUT2D eigenvalue weighted by Crippen LogP contribution is 2.40. The molecule has 0 aliphatic carbocycles. The molecule has 0 fully saturated rings. The lowest BCUT2D eigenvalue weighted by Crippen LogP contribution is -2.25. The zero-order chi connectivity index (χ0) is 25.1. The van der Waals surface area contributed by atoms with Crippen LogP contribution in [0.1, 0.15) is 29.8 Å². The summed E-state index contributed by atoms with van der Waals surface area (Å²) >= 11 is 0. The second kappa shape index (κ2) is 9.76. The van der Waals surface area contributed by atoms with Gasteiger partial charge in [0.25, 0.3) is 5.91 Å². The van der Waals surface area contributed by atoms with E-state index in [0.29, 0.717) is 24.7 Å². The number of amides is 1. The van der Waals surface area contributed by atoms with Crippen LogP contribution >= 0.6 is 0 Å². The number of sulfone groups is 1. The molecule has 0 bridgehead atoms. The molecular formula is C24H24F3N3O3S. The molecule has 0 saturated carbocycles. The lowest BCUT2D eigenvalue weighted by molar-refractivity contribution is -0.137. The van der Waals surface area contributed by atoms with E-state index in [1.807, 2.05) is 13.8 Å². The van der Waals surface area contributed by atoms with Crippen molar-refractivity contribution < 1.29 is 26.4 Å². The molecule has 3 N–H and O–H groups in total. The number of alkyl halides is 3. The number of rotatable bonds is 7. The topological polar surface area (TPSA) is 92.5 Å². The quantitative estimate of drug-likeness (QED) is 0.442. The first kappa shape index (κ1) is 25.1. The number of hydrogen-bond acceptors (Lipinski definition) is 5. The minimum absolute atomic E-state index is 0.0383. The summed E-state index contributed by atoms with van der Waals surface area (Å²) in [7, 11) is -4.50. The van der Waals surface area contributed by atoms with Crippen molar-refractivity contribution in [1.29, 1.82) is 0 Å². The van der Waals surface area contributed by atoms with Gasteiger partial charge in [-0.3, -0.25) is 4.79 Å². The van der Waals surface area contributed by atoms with Crippen LogP contribution in [0.3, 0.4) is 0 Å². The van der Waals surface area contributed by atoms with Crippen LogP contribution in [0, 0.1) is 0 Å². The Balaban J connectivity index is 2.23. The Morgan fingerprint density at radius 2 is 1.62 bits per heavy atom. The largest absolute Gasteiger partial charge is 0.418 e. The monoisotopic (exact) mass is 491 g/mol. The Morgan fingerprint density at radius 3 is 2.21 bits per heavy atom. The SMILES string of the molecule is CCN(CC)c1cccc(NC(=O)c2ccccc2)c1S(=O)(=O)c1ccc(N)c(C(F)(F)F)c1. The van der Waals surface area contributed by atoms with E-state index in [0.717, 1.165) is 12.1 Å². The summed E-state index contributed by atoms with van der Waals surface area (Å²) in [6.07, 6.45) is -4.83. The third kappa shape index (κ3) is 5.01. The second-order valence-corrected chi connectivity index (χ2v) is 9.28. The fourth-order valence-corrected chi connectivity index (χ4v) is 5.21. The van der Waals surface area contributed by atoms with Gasteiger partial charge in [0, 0.05) is 24.3 Å². The highest BCUT2D eigenvalue weighted by molar-refractivity contribution is 7.91. The summed E-state index contributed by atoms with van der Waals surface area (Å²) in [5.74, 6) is -0.554. The van der Waals surface area contributed by atoms with E-state index >= 15 is 0 Å². The minimum Gasteiger partial charge on any atom is -0.398 e. The number of hydrogen-bond donors (Lipinski definition) is 2. The van der Waals surface area contributed by atoms with Crippen molar-refractivity contribution in [3.8, 4) is 0 Å². The number of benzene rings is 3. The summed E-state index contributed by atoms with van der Waals surface area (Å²) in [6, 6.07) is 15.2. The average molecular weight is 492 g/mol. The van der Waals surface area contributed by atoms with Gasteiger partial charge in [0.15, 0.2) is 0 Å². The Kier molecular flexibility index (Phi) is 7.21. The molecule has 3 aromatic carbocycles. The second-order valence-electron chi connectivity index (χ2n) is 7.40. The Morgan fingerprint density at radius 1 is 0.971 bits per heavy atom. The maximum atomic E-state index is 13.7. The van der Waals surface area contributed by atoms with Crippen molar-refractivity contribution >= 4 is 32.8 Å². The molecule has 3 rings (SSSR count). The Bertz CT molecular complexity index is 1290. The van der Waals surface area contributed by atoms with Gasteiger partial charge in [-0.15, -0.1) is 0 Å². The molecule has 10 heteroatoms. The smallest absolute Gasteiger partial charge is 0.398 e. The summed E-state index contributed by atoms with van der Waals surface area (Å²) in [4.78, 5) is 13.7. The van der Waals surface area contributed by atoms with Crippen LogP contribution in [0.5, 0.6) is 0 Å². The molecule has 0 heterocycles. The van der Waals surface area contributed by atoms with Gasteiger partial charge in [-0.2, -0.15) is 13.2 Å². The van der Waals surface area contributed by atoms with Gasteiger partial charge >= 0.3 is 6.18 Å². The first-order valence-electron chi connectivity index (χ1n) is 10.5. The van der Waals surface area contributed by atoms with Gasteiger partial charge < -0.3 is 16.0 Å². The van der Waals surface area contributed by atoms with Crippen LogP contribution < -0.4 is 16.0 Å². The molecule has 0 unspecified atom stereocenters. The van der Waals surface area contributed by atoms with Crippen molar-refractivity contribution in [3.63, 3.8) is 0 Å². The average Bonchev–Trinajstić information content (AvgIpc) is 2.80. The molecule has 0 spiro atoms. The molecule has 34 heavy (non-hydrogen) atoms. The highest BCUT2D eigenvalue weighted by atomic mass is 32.2. The zero-order valence-electron chi connectivity index (χ0n) is 18.6. The third-order valence-corrected chi connectivity index (χ3v) is 7.13. The van der Waals surface area contributed by atoms with Gasteiger partial charge in [-0.25, -0.2) is 8.42 Å². The molecule has 0 atom stereocenters. The summed E-state index contributed by atoms with van der Waals surface area (Å²) < 4.78 is 67.8. The molecule has 6 nitrogen and oxygen atoms in total. The normalized spacial score (nSPS) is 11.8. The number of anilines is 3.